The number of rotatable bonds is 7. The van der Waals surface area contributed by atoms with Gasteiger partial charge in [0.15, 0.2) is 0 Å². The summed E-state index contributed by atoms with van der Waals surface area (Å²) in [6, 6.07) is 0. The molecule has 0 atom stereocenters. The lowest BCUT2D eigenvalue weighted by Gasteiger charge is -2.35. The number of amides is 2. The van der Waals surface area contributed by atoms with Gasteiger partial charge in [0, 0.05) is 25.4 Å². The van der Waals surface area contributed by atoms with Crippen LogP contribution in [0.5, 0.6) is 0 Å². The van der Waals surface area contributed by atoms with E-state index in [4.69, 9.17) is 5.73 Å². The Balaban J connectivity index is 2.24. The van der Waals surface area contributed by atoms with Crippen LogP contribution in [0.25, 0.3) is 0 Å². The molecule has 1 rings (SSSR count). The van der Waals surface area contributed by atoms with Crippen LogP contribution < -0.4 is 16.4 Å². The molecule has 2 amide bonds. The quantitative estimate of drug-likeness (QED) is 0.613. The third-order valence-electron chi connectivity index (χ3n) is 4.15. The summed E-state index contributed by atoms with van der Waals surface area (Å²) in [5.41, 5.74) is 5.88. The number of hydrogen-bond donors (Lipinski definition) is 3. The summed E-state index contributed by atoms with van der Waals surface area (Å²) in [6.45, 7) is 5.25. The van der Waals surface area contributed by atoms with Crippen LogP contribution >= 0.6 is 0 Å². The Kier molecular flexibility index (Phi) is 6.99. The molecule has 0 aromatic rings. The molecule has 0 saturated heterocycles. The van der Waals surface area contributed by atoms with E-state index in [0.29, 0.717) is 26.1 Å². The SMILES string of the molecule is CC(C)C(=O)NCCNC(=O)CC1(CN)CCCCC1. The van der Waals surface area contributed by atoms with E-state index in [1.165, 1.54) is 19.3 Å². The highest BCUT2D eigenvalue weighted by atomic mass is 16.2. The van der Waals surface area contributed by atoms with Gasteiger partial charge < -0.3 is 16.4 Å². The second kappa shape index (κ2) is 8.25. The van der Waals surface area contributed by atoms with Gasteiger partial charge in [-0.25, -0.2) is 0 Å². The molecule has 0 heterocycles. The molecule has 4 N–H and O–H groups in total. The van der Waals surface area contributed by atoms with Crippen LogP contribution in [0.4, 0.5) is 0 Å². The van der Waals surface area contributed by atoms with E-state index in [-0.39, 0.29) is 23.1 Å². The van der Waals surface area contributed by atoms with Crippen molar-refractivity contribution >= 4 is 11.8 Å². The van der Waals surface area contributed by atoms with Gasteiger partial charge in [0.25, 0.3) is 0 Å². The molecule has 0 aliphatic heterocycles. The van der Waals surface area contributed by atoms with E-state index >= 15 is 0 Å². The molecular weight excluding hydrogens is 254 g/mol. The summed E-state index contributed by atoms with van der Waals surface area (Å²) < 4.78 is 0. The summed E-state index contributed by atoms with van der Waals surface area (Å²) in [7, 11) is 0. The molecular formula is C15H29N3O2. The Morgan fingerprint density at radius 3 is 2.25 bits per heavy atom. The van der Waals surface area contributed by atoms with Crippen molar-refractivity contribution in [2.45, 2.75) is 52.4 Å². The Bertz CT molecular complexity index is 323. The summed E-state index contributed by atoms with van der Waals surface area (Å²) in [5, 5.41) is 5.66. The number of hydrogen-bond acceptors (Lipinski definition) is 3. The van der Waals surface area contributed by atoms with Crippen LogP contribution in [0.2, 0.25) is 0 Å². The first-order chi connectivity index (χ1) is 9.49. The lowest BCUT2D eigenvalue weighted by molar-refractivity contribution is -0.125. The highest BCUT2D eigenvalue weighted by Gasteiger charge is 2.32. The third kappa shape index (κ3) is 5.49. The zero-order chi connectivity index (χ0) is 15.0. The fraction of sp³-hybridized carbons (Fsp3) is 0.867. The highest BCUT2D eigenvalue weighted by Crippen LogP contribution is 2.38. The normalized spacial score (nSPS) is 17.8. The maximum absolute atomic E-state index is 12.0. The van der Waals surface area contributed by atoms with Gasteiger partial charge in [-0.2, -0.15) is 0 Å². The monoisotopic (exact) mass is 283 g/mol. The van der Waals surface area contributed by atoms with E-state index in [0.717, 1.165) is 12.8 Å². The Morgan fingerprint density at radius 2 is 1.70 bits per heavy atom. The standard InChI is InChI=1S/C15H29N3O2/c1-12(2)14(20)18-9-8-17-13(19)10-15(11-16)6-4-3-5-7-15/h12H,3-11,16H2,1-2H3,(H,17,19)(H,18,20). The number of carbonyl (C=O) groups is 2. The Labute approximate surface area is 122 Å². The van der Waals surface area contributed by atoms with Gasteiger partial charge in [0.2, 0.25) is 11.8 Å². The van der Waals surface area contributed by atoms with Crippen molar-refractivity contribution in [1.29, 1.82) is 0 Å². The molecule has 1 aliphatic rings. The zero-order valence-corrected chi connectivity index (χ0v) is 12.8. The Morgan fingerprint density at radius 1 is 1.10 bits per heavy atom. The van der Waals surface area contributed by atoms with Crippen molar-refractivity contribution in [3.05, 3.63) is 0 Å². The lowest BCUT2D eigenvalue weighted by atomic mass is 9.71. The summed E-state index contributed by atoms with van der Waals surface area (Å²) in [6.07, 6.45) is 6.23. The van der Waals surface area contributed by atoms with Crippen molar-refractivity contribution in [1.82, 2.24) is 10.6 Å². The fourth-order valence-electron chi connectivity index (χ4n) is 2.75. The minimum Gasteiger partial charge on any atom is -0.354 e. The van der Waals surface area contributed by atoms with Crippen molar-refractivity contribution in [2.75, 3.05) is 19.6 Å². The van der Waals surface area contributed by atoms with E-state index in [1.54, 1.807) is 0 Å². The molecule has 1 fully saturated rings. The van der Waals surface area contributed by atoms with E-state index < -0.39 is 0 Å². The van der Waals surface area contributed by atoms with Crippen LogP contribution in [0.3, 0.4) is 0 Å². The largest absolute Gasteiger partial charge is 0.354 e. The molecule has 116 valence electrons. The van der Waals surface area contributed by atoms with Crippen LogP contribution in [0.15, 0.2) is 0 Å². The van der Waals surface area contributed by atoms with E-state index in [9.17, 15) is 9.59 Å². The van der Waals surface area contributed by atoms with Crippen LogP contribution in [-0.2, 0) is 9.59 Å². The predicted octanol–water partition coefficient (Wildman–Crippen LogP) is 1.17. The first kappa shape index (κ1) is 17.0. The van der Waals surface area contributed by atoms with Crippen molar-refractivity contribution in [3.8, 4) is 0 Å². The smallest absolute Gasteiger partial charge is 0.222 e. The zero-order valence-electron chi connectivity index (χ0n) is 12.8. The van der Waals surface area contributed by atoms with Gasteiger partial charge in [0.1, 0.15) is 0 Å². The van der Waals surface area contributed by atoms with Crippen molar-refractivity contribution in [2.24, 2.45) is 17.1 Å². The third-order valence-corrected chi connectivity index (χ3v) is 4.15. The van der Waals surface area contributed by atoms with Crippen LogP contribution in [-0.4, -0.2) is 31.4 Å². The summed E-state index contributed by atoms with van der Waals surface area (Å²) in [4.78, 5) is 23.3. The first-order valence-electron chi connectivity index (χ1n) is 7.73. The van der Waals surface area contributed by atoms with Crippen LogP contribution in [0, 0.1) is 11.3 Å². The number of nitrogens with two attached hydrogens (primary N) is 1. The van der Waals surface area contributed by atoms with Gasteiger partial charge in [-0.05, 0) is 24.8 Å². The van der Waals surface area contributed by atoms with Crippen LogP contribution in [0.1, 0.15) is 52.4 Å². The molecule has 0 spiro atoms. The molecule has 0 aromatic heterocycles. The number of nitrogens with one attached hydrogen (secondary N) is 2. The summed E-state index contributed by atoms with van der Waals surface area (Å²) in [5.74, 6) is 0.0505. The predicted molar refractivity (Wildman–Crippen MR) is 80.0 cm³/mol. The molecule has 0 aromatic carbocycles. The molecule has 0 bridgehead atoms. The topological polar surface area (TPSA) is 84.2 Å². The van der Waals surface area contributed by atoms with E-state index in [2.05, 4.69) is 10.6 Å². The fourth-order valence-corrected chi connectivity index (χ4v) is 2.75. The number of carbonyl (C=O) groups excluding carboxylic acids is 2. The maximum atomic E-state index is 12.0. The highest BCUT2D eigenvalue weighted by molar-refractivity contribution is 5.78. The van der Waals surface area contributed by atoms with E-state index in [1.807, 2.05) is 13.8 Å². The minimum absolute atomic E-state index is 0.00349. The van der Waals surface area contributed by atoms with Crippen molar-refractivity contribution in [3.63, 3.8) is 0 Å². The van der Waals surface area contributed by atoms with Gasteiger partial charge >= 0.3 is 0 Å². The summed E-state index contributed by atoms with van der Waals surface area (Å²) >= 11 is 0. The molecule has 5 nitrogen and oxygen atoms in total. The molecule has 20 heavy (non-hydrogen) atoms. The first-order valence-corrected chi connectivity index (χ1v) is 7.73. The molecule has 1 aliphatic carbocycles. The maximum Gasteiger partial charge on any atom is 0.222 e. The van der Waals surface area contributed by atoms with Gasteiger partial charge in [-0.3, -0.25) is 9.59 Å². The Hall–Kier alpha value is -1.10. The molecule has 5 heteroatoms. The lowest BCUT2D eigenvalue weighted by Crippen LogP contribution is -2.41. The molecule has 1 saturated carbocycles. The van der Waals surface area contributed by atoms with Gasteiger partial charge in [-0.1, -0.05) is 33.1 Å². The second-order valence-corrected chi connectivity index (χ2v) is 6.24. The average molecular weight is 283 g/mol. The van der Waals surface area contributed by atoms with Crippen molar-refractivity contribution < 1.29 is 9.59 Å². The second-order valence-electron chi connectivity index (χ2n) is 6.24. The van der Waals surface area contributed by atoms with Gasteiger partial charge in [-0.15, -0.1) is 0 Å². The minimum atomic E-state index is -0.0200. The molecule has 0 radical (unpaired) electrons. The average Bonchev–Trinajstić information content (AvgIpc) is 2.44. The molecule has 0 unspecified atom stereocenters. The van der Waals surface area contributed by atoms with Gasteiger partial charge in [0.05, 0.1) is 0 Å².